The first-order chi connectivity index (χ1) is 9.01. The van der Waals surface area contributed by atoms with Crippen LogP contribution in [0.2, 0.25) is 0 Å². The van der Waals surface area contributed by atoms with Crippen molar-refractivity contribution in [2.45, 2.75) is 33.2 Å². The number of anilines is 1. The minimum absolute atomic E-state index is 0.0548. The molecular weight excluding hydrogens is 264 g/mol. The van der Waals surface area contributed by atoms with Crippen molar-refractivity contribution >= 4 is 23.2 Å². The Morgan fingerprint density at radius 3 is 2.68 bits per heavy atom. The van der Waals surface area contributed by atoms with Crippen molar-refractivity contribution in [3.05, 3.63) is 21.4 Å². The van der Waals surface area contributed by atoms with E-state index in [0.717, 1.165) is 22.0 Å². The second kappa shape index (κ2) is 5.35. The van der Waals surface area contributed by atoms with Crippen molar-refractivity contribution in [3.63, 3.8) is 0 Å². The second-order valence-corrected chi connectivity index (χ2v) is 5.40. The van der Waals surface area contributed by atoms with Gasteiger partial charge in [0.1, 0.15) is 5.01 Å². The lowest BCUT2D eigenvalue weighted by Crippen LogP contribution is -2.29. The molecule has 0 bridgehead atoms. The number of nitrogens with two attached hydrogens (primary N) is 1. The Morgan fingerprint density at radius 2 is 2.21 bits per heavy atom. The van der Waals surface area contributed by atoms with Crippen molar-refractivity contribution in [1.82, 2.24) is 25.5 Å². The quantitative estimate of drug-likeness (QED) is 0.783. The van der Waals surface area contributed by atoms with E-state index in [2.05, 4.69) is 25.5 Å². The van der Waals surface area contributed by atoms with Gasteiger partial charge < -0.3 is 11.1 Å². The molecule has 0 fully saturated rings. The van der Waals surface area contributed by atoms with Crippen molar-refractivity contribution in [2.75, 3.05) is 5.73 Å². The number of H-pyrrole nitrogens is 1. The van der Waals surface area contributed by atoms with E-state index in [4.69, 9.17) is 5.73 Å². The van der Waals surface area contributed by atoms with Gasteiger partial charge in [0.25, 0.3) is 5.91 Å². The summed E-state index contributed by atoms with van der Waals surface area (Å²) < 4.78 is 0. The Balaban J connectivity index is 2.13. The lowest BCUT2D eigenvalue weighted by Gasteiger charge is -2.12. The molecular formula is C11H16N6OS. The fourth-order valence-electron chi connectivity index (χ4n) is 1.59. The van der Waals surface area contributed by atoms with Crippen LogP contribution >= 0.6 is 11.3 Å². The summed E-state index contributed by atoms with van der Waals surface area (Å²) in [5.41, 5.74) is 6.37. The molecule has 0 aliphatic carbocycles. The zero-order chi connectivity index (χ0) is 14.0. The van der Waals surface area contributed by atoms with Crippen molar-refractivity contribution in [3.8, 4) is 0 Å². The van der Waals surface area contributed by atoms with Gasteiger partial charge in [-0.1, -0.05) is 6.92 Å². The number of carbonyl (C=O) groups excluding carboxylic acids is 1. The lowest BCUT2D eigenvalue weighted by atomic mass is 10.2. The number of aromatic amines is 1. The minimum atomic E-state index is -0.332. The number of hydrogen-bond donors (Lipinski definition) is 3. The van der Waals surface area contributed by atoms with Crippen molar-refractivity contribution in [2.24, 2.45) is 0 Å². The van der Waals surface area contributed by atoms with Crippen LogP contribution in [0.15, 0.2) is 0 Å². The van der Waals surface area contributed by atoms with Gasteiger partial charge >= 0.3 is 0 Å². The van der Waals surface area contributed by atoms with Crippen LogP contribution in [0.4, 0.5) is 5.95 Å². The summed E-state index contributed by atoms with van der Waals surface area (Å²) in [6.07, 6.45) is 0.752. The van der Waals surface area contributed by atoms with Gasteiger partial charge in [-0.25, -0.2) is 4.98 Å². The topological polar surface area (TPSA) is 110 Å². The van der Waals surface area contributed by atoms with Crippen molar-refractivity contribution in [1.29, 1.82) is 0 Å². The fraction of sp³-hybridized carbons (Fsp3) is 0.455. The third-order valence-electron chi connectivity index (χ3n) is 2.77. The van der Waals surface area contributed by atoms with Gasteiger partial charge in [-0.2, -0.15) is 4.98 Å². The second-order valence-electron chi connectivity index (χ2n) is 4.17. The Morgan fingerprint density at radius 1 is 1.47 bits per heavy atom. The fourth-order valence-corrected chi connectivity index (χ4v) is 2.65. The number of nitrogen functional groups attached to an aromatic ring is 1. The van der Waals surface area contributed by atoms with Gasteiger partial charge in [0.05, 0.1) is 11.7 Å². The molecule has 1 unspecified atom stereocenters. The number of amides is 1. The van der Waals surface area contributed by atoms with Crippen LogP contribution in [0.1, 0.15) is 45.6 Å². The molecule has 2 aromatic rings. The van der Waals surface area contributed by atoms with Gasteiger partial charge in [0.15, 0.2) is 0 Å². The van der Waals surface area contributed by atoms with E-state index < -0.39 is 0 Å². The highest BCUT2D eigenvalue weighted by Crippen LogP contribution is 2.24. The third kappa shape index (κ3) is 2.90. The highest BCUT2D eigenvalue weighted by atomic mass is 32.1. The number of thiazole rings is 1. The highest BCUT2D eigenvalue weighted by molar-refractivity contribution is 7.11. The average molecular weight is 280 g/mol. The largest absolute Gasteiger partial charge is 0.366 e. The molecule has 8 heteroatoms. The van der Waals surface area contributed by atoms with E-state index in [0.29, 0.717) is 0 Å². The lowest BCUT2D eigenvalue weighted by molar-refractivity contribution is 0.0925. The predicted octanol–water partition coefficient (Wildman–Crippen LogP) is 1.34. The van der Waals surface area contributed by atoms with E-state index in [-0.39, 0.29) is 23.7 Å². The molecule has 0 radical (unpaired) electrons. The maximum atomic E-state index is 12.0. The Kier molecular flexibility index (Phi) is 3.79. The minimum Gasteiger partial charge on any atom is -0.366 e. The number of hydrogen-bond acceptors (Lipinski definition) is 6. The smallest absolute Gasteiger partial charge is 0.289 e. The third-order valence-corrected chi connectivity index (χ3v) is 3.96. The van der Waals surface area contributed by atoms with Crippen LogP contribution in [-0.4, -0.2) is 26.1 Å². The molecule has 2 aromatic heterocycles. The maximum absolute atomic E-state index is 12.0. The normalized spacial score (nSPS) is 12.4. The molecule has 1 atom stereocenters. The number of nitrogens with zero attached hydrogens (tertiary/aromatic N) is 3. The molecule has 4 N–H and O–H groups in total. The number of aromatic nitrogens is 4. The SMILES string of the molecule is CCC(NC(=O)c1nc(N)n[nH]1)c1nc(C)c(C)s1. The van der Waals surface area contributed by atoms with E-state index in [9.17, 15) is 4.79 Å². The summed E-state index contributed by atoms with van der Waals surface area (Å²) in [5, 5.41) is 9.89. The van der Waals surface area contributed by atoms with E-state index in [1.54, 1.807) is 11.3 Å². The van der Waals surface area contributed by atoms with E-state index >= 15 is 0 Å². The summed E-state index contributed by atoms with van der Waals surface area (Å²) in [6, 6.07) is -0.128. The Hall–Kier alpha value is -1.96. The number of nitrogens with one attached hydrogen (secondary N) is 2. The predicted molar refractivity (Wildman–Crippen MR) is 72.9 cm³/mol. The number of rotatable bonds is 4. The highest BCUT2D eigenvalue weighted by Gasteiger charge is 2.19. The van der Waals surface area contributed by atoms with Crippen LogP contribution in [-0.2, 0) is 0 Å². The molecule has 1 amide bonds. The molecule has 19 heavy (non-hydrogen) atoms. The van der Waals surface area contributed by atoms with Crippen molar-refractivity contribution < 1.29 is 4.79 Å². The monoisotopic (exact) mass is 280 g/mol. The van der Waals surface area contributed by atoms with Gasteiger partial charge in [-0.3, -0.25) is 9.89 Å². The maximum Gasteiger partial charge on any atom is 0.289 e. The van der Waals surface area contributed by atoms with Gasteiger partial charge in [0, 0.05) is 4.88 Å². The van der Waals surface area contributed by atoms with Gasteiger partial charge in [0.2, 0.25) is 11.8 Å². The zero-order valence-corrected chi connectivity index (χ0v) is 11.8. The van der Waals surface area contributed by atoms with Crippen LogP contribution in [0, 0.1) is 13.8 Å². The summed E-state index contributed by atoms with van der Waals surface area (Å²) >= 11 is 1.59. The number of aryl methyl sites for hydroxylation is 2. The molecule has 102 valence electrons. The Labute approximate surface area is 114 Å². The van der Waals surface area contributed by atoms with Gasteiger partial charge in [-0.05, 0) is 20.3 Å². The summed E-state index contributed by atoms with van der Waals surface area (Å²) in [7, 11) is 0. The molecule has 0 spiro atoms. The molecule has 2 heterocycles. The molecule has 0 saturated heterocycles. The zero-order valence-electron chi connectivity index (χ0n) is 11.0. The first-order valence-corrected chi connectivity index (χ1v) is 6.75. The number of carbonyl (C=O) groups is 1. The summed E-state index contributed by atoms with van der Waals surface area (Å²) in [5.74, 6) is -0.165. The van der Waals surface area contributed by atoms with E-state index in [1.807, 2.05) is 20.8 Å². The first kappa shape index (κ1) is 13.5. The van der Waals surface area contributed by atoms with Crippen LogP contribution in [0.25, 0.3) is 0 Å². The van der Waals surface area contributed by atoms with Crippen LogP contribution in [0.3, 0.4) is 0 Å². The average Bonchev–Trinajstić information content (AvgIpc) is 2.93. The summed E-state index contributed by atoms with van der Waals surface area (Å²) in [4.78, 5) is 21.4. The van der Waals surface area contributed by atoms with Crippen LogP contribution in [0.5, 0.6) is 0 Å². The van der Waals surface area contributed by atoms with Gasteiger partial charge in [-0.15, -0.1) is 16.4 Å². The molecule has 2 rings (SSSR count). The molecule has 7 nitrogen and oxygen atoms in total. The molecule has 0 saturated carbocycles. The Bertz CT molecular complexity index is 570. The first-order valence-electron chi connectivity index (χ1n) is 5.94. The summed E-state index contributed by atoms with van der Waals surface area (Å²) in [6.45, 7) is 5.97. The molecule has 0 aliphatic rings. The molecule has 0 aliphatic heterocycles. The molecule has 0 aromatic carbocycles. The standard InChI is InChI=1S/C11H16N6OS/c1-4-7(10-13-5(2)6(3)19-10)14-9(18)8-15-11(12)17-16-8/h7H,4H2,1-3H3,(H,14,18)(H3,12,15,16,17). The van der Waals surface area contributed by atoms with Crippen LogP contribution < -0.4 is 11.1 Å². The van der Waals surface area contributed by atoms with E-state index in [1.165, 1.54) is 0 Å².